The highest BCUT2D eigenvalue weighted by molar-refractivity contribution is 7.09. The van der Waals surface area contributed by atoms with Gasteiger partial charge in [-0.1, -0.05) is 60.7 Å². The zero-order valence-electron chi connectivity index (χ0n) is 28.3. The van der Waals surface area contributed by atoms with Gasteiger partial charge in [0.1, 0.15) is 23.9 Å². The van der Waals surface area contributed by atoms with Crippen LogP contribution < -0.4 is 31.3 Å². The summed E-state index contributed by atoms with van der Waals surface area (Å²) >= 11 is 1.39. The monoisotopic (exact) mass is 725 g/mol. The molecule has 0 radical (unpaired) electrons. The molecule has 52 heavy (non-hydrogen) atoms. The molecule has 3 heterocycles. The Kier molecular flexibility index (Phi) is 12.7. The number of ether oxygens (including phenoxy) is 1. The van der Waals surface area contributed by atoms with Gasteiger partial charge in [-0.05, 0) is 52.4 Å². The van der Waals surface area contributed by atoms with E-state index in [1.54, 1.807) is 54.6 Å². The maximum Gasteiger partial charge on any atom is 0.330 e. The van der Waals surface area contributed by atoms with Crippen molar-refractivity contribution in [3.05, 3.63) is 118 Å². The molecule has 1 aromatic heterocycles. The first-order valence-corrected chi connectivity index (χ1v) is 17.5. The average Bonchev–Trinajstić information content (AvgIpc) is 3.66. The van der Waals surface area contributed by atoms with Gasteiger partial charge in [0.05, 0.1) is 7.11 Å². The lowest BCUT2D eigenvalue weighted by atomic mass is 10.0. The molecule has 0 aliphatic carbocycles. The topological polar surface area (TPSA) is 192 Å². The van der Waals surface area contributed by atoms with E-state index >= 15 is 0 Å². The quantitative estimate of drug-likeness (QED) is 0.149. The van der Waals surface area contributed by atoms with Crippen LogP contribution in [0.4, 0.5) is 5.69 Å². The Balaban J connectivity index is 1.53. The molecule has 14 heteroatoms. The largest absolute Gasteiger partial charge is 0.497 e. The zero-order chi connectivity index (χ0) is 37.0. The van der Waals surface area contributed by atoms with Gasteiger partial charge in [-0.25, -0.2) is 4.79 Å². The number of carbonyl (C=O) groups is 6. The van der Waals surface area contributed by atoms with Crippen LogP contribution in [0.1, 0.15) is 40.5 Å². The summed E-state index contributed by atoms with van der Waals surface area (Å²) in [6.45, 7) is 0. The van der Waals surface area contributed by atoms with Crippen LogP contribution >= 0.6 is 11.3 Å². The van der Waals surface area contributed by atoms with E-state index in [4.69, 9.17) is 4.74 Å². The van der Waals surface area contributed by atoms with Crippen LogP contribution in [0, 0.1) is 0 Å². The van der Waals surface area contributed by atoms with Crippen molar-refractivity contribution in [1.29, 1.82) is 0 Å². The first-order chi connectivity index (χ1) is 25.1. The van der Waals surface area contributed by atoms with Crippen molar-refractivity contribution in [2.75, 3.05) is 12.4 Å². The summed E-state index contributed by atoms with van der Waals surface area (Å²) in [5, 5.41) is 25.5. The lowest BCUT2D eigenvalue weighted by Crippen LogP contribution is -2.58. The van der Waals surface area contributed by atoms with Crippen LogP contribution in [-0.4, -0.2) is 65.8 Å². The molecule has 13 nitrogen and oxygen atoms in total. The van der Waals surface area contributed by atoms with Crippen molar-refractivity contribution in [2.45, 2.75) is 56.3 Å². The summed E-state index contributed by atoms with van der Waals surface area (Å²) in [5.41, 5.74) is 1.90. The minimum atomic E-state index is -1.49. The first-order valence-electron chi connectivity index (χ1n) is 16.6. The van der Waals surface area contributed by atoms with E-state index in [9.17, 15) is 33.9 Å². The number of carbonyl (C=O) groups excluding carboxylic acids is 5. The minimum absolute atomic E-state index is 0.00656. The summed E-state index contributed by atoms with van der Waals surface area (Å²) in [5.74, 6) is -3.98. The highest BCUT2D eigenvalue weighted by atomic mass is 32.1. The second kappa shape index (κ2) is 17.8. The van der Waals surface area contributed by atoms with Gasteiger partial charge in [0.15, 0.2) is 6.04 Å². The molecule has 5 amide bonds. The van der Waals surface area contributed by atoms with E-state index in [0.717, 1.165) is 4.88 Å². The van der Waals surface area contributed by atoms with E-state index in [-0.39, 0.29) is 37.7 Å². The predicted molar refractivity (Wildman–Crippen MR) is 193 cm³/mol. The number of thiophene rings is 1. The SMILES string of the molecule is COc1cccc(C[C@@H]2NC(=O)[C@@H](Cc3cccs3)NC(=O)CCC(=O)Nc3ccc(cc3)C(C(=O)O)NC(=O)[C@@H](Cc3ccccc3)NC2=O)c1. The van der Waals surface area contributed by atoms with Crippen molar-refractivity contribution < 1.29 is 38.6 Å². The van der Waals surface area contributed by atoms with Gasteiger partial charge in [0, 0.05) is 42.7 Å². The van der Waals surface area contributed by atoms with Crippen LogP contribution in [-0.2, 0) is 48.0 Å². The second-order valence-corrected chi connectivity index (χ2v) is 13.3. The Bertz CT molecular complexity index is 1880. The molecule has 4 aromatic rings. The maximum atomic E-state index is 14.2. The van der Waals surface area contributed by atoms with Gasteiger partial charge < -0.3 is 36.4 Å². The molecule has 3 aromatic carbocycles. The number of nitrogens with one attached hydrogen (secondary N) is 5. The van der Waals surface area contributed by atoms with Gasteiger partial charge in [-0.15, -0.1) is 11.3 Å². The third-order valence-corrected chi connectivity index (χ3v) is 9.30. The van der Waals surface area contributed by atoms with Gasteiger partial charge in [-0.3, -0.25) is 24.0 Å². The number of amides is 5. The summed E-state index contributed by atoms with van der Waals surface area (Å²) in [6.07, 6.45) is -0.305. The Morgan fingerprint density at radius 2 is 1.31 bits per heavy atom. The average molecular weight is 726 g/mol. The van der Waals surface area contributed by atoms with E-state index in [2.05, 4.69) is 26.6 Å². The van der Waals surface area contributed by atoms with Crippen LogP contribution in [0.25, 0.3) is 0 Å². The molecular weight excluding hydrogens is 687 g/mol. The summed E-state index contributed by atoms with van der Waals surface area (Å²) in [6, 6.07) is 20.2. The van der Waals surface area contributed by atoms with Crippen molar-refractivity contribution >= 4 is 52.5 Å². The Morgan fingerprint density at radius 1 is 0.692 bits per heavy atom. The van der Waals surface area contributed by atoms with E-state index in [1.807, 2.05) is 17.5 Å². The van der Waals surface area contributed by atoms with Gasteiger partial charge in [-0.2, -0.15) is 0 Å². The molecule has 0 fully saturated rings. The van der Waals surface area contributed by atoms with E-state index < -0.39 is 59.7 Å². The molecule has 2 bridgehead atoms. The number of methoxy groups -OCH3 is 1. The molecule has 1 unspecified atom stereocenters. The second-order valence-electron chi connectivity index (χ2n) is 12.2. The Labute approximate surface area is 304 Å². The van der Waals surface area contributed by atoms with Crippen molar-refractivity contribution in [2.24, 2.45) is 0 Å². The number of rotatable bonds is 8. The van der Waals surface area contributed by atoms with Crippen LogP contribution in [0.5, 0.6) is 5.75 Å². The lowest BCUT2D eigenvalue weighted by Gasteiger charge is -2.26. The molecule has 0 spiro atoms. The van der Waals surface area contributed by atoms with E-state index in [1.165, 1.54) is 42.7 Å². The molecular formula is C38H39N5O8S. The van der Waals surface area contributed by atoms with E-state index in [0.29, 0.717) is 22.6 Å². The number of hydrogen-bond acceptors (Lipinski definition) is 8. The summed E-state index contributed by atoms with van der Waals surface area (Å²) in [4.78, 5) is 81.1. The number of carboxylic acids is 1. The first kappa shape index (κ1) is 37.2. The normalized spacial score (nSPS) is 20.4. The fraction of sp³-hybridized carbons (Fsp3) is 0.263. The minimum Gasteiger partial charge on any atom is -0.497 e. The number of carboxylic acid groups (broad SMARTS) is 1. The summed E-state index contributed by atoms with van der Waals surface area (Å²) in [7, 11) is 1.50. The Hall–Kier alpha value is -6.02. The molecule has 6 N–H and O–H groups in total. The standard InChI is InChI=1S/C38H39N5O8S/c1-51-27-10-5-9-24(19-27)21-30-35(46)41-29(20-23-7-3-2-4-8-23)37(48)43-34(38(49)50)25-12-14-26(15-13-25)39-32(44)16-17-33(45)40-31(36(47)42-30)22-28-11-6-18-52-28/h2-15,18-19,29-31,34H,16-17,20-22H2,1H3,(H,39,44)(H,40,45)(H,41,46)(H,42,47)(H,43,48)(H,49,50)/t29-,30+,31-,34?/m1/s1. The van der Waals surface area contributed by atoms with Gasteiger partial charge >= 0.3 is 5.97 Å². The Morgan fingerprint density at radius 3 is 1.94 bits per heavy atom. The van der Waals surface area contributed by atoms with Crippen molar-refractivity contribution in [3.63, 3.8) is 0 Å². The number of fused-ring (bicyclic) bond motifs is 17. The molecule has 2 aliphatic rings. The molecule has 0 saturated carbocycles. The van der Waals surface area contributed by atoms with Crippen LogP contribution in [0.2, 0.25) is 0 Å². The van der Waals surface area contributed by atoms with Gasteiger partial charge in [0.25, 0.3) is 0 Å². The highest BCUT2D eigenvalue weighted by Crippen LogP contribution is 2.19. The number of benzene rings is 3. The van der Waals surface area contributed by atoms with Crippen molar-refractivity contribution in [3.8, 4) is 5.75 Å². The fourth-order valence-electron chi connectivity index (χ4n) is 5.69. The maximum absolute atomic E-state index is 14.2. The van der Waals surface area contributed by atoms with Crippen LogP contribution in [0.3, 0.4) is 0 Å². The molecule has 6 rings (SSSR count). The number of hydrogen-bond donors (Lipinski definition) is 6. The van der Waals surface area contributed by atoms with Gasteiger partial charge in [0.2, 0.25) is 29.5 Å². The van der Waals surface area contributed by atoms with Crippen LogP contribution in [0.15, 0.2) is 96.4 Å². The molecule has 2 aliphatic heterocycles. The molecule has 270 valence electrons. The predicted octanol–water partition coefficient (Wildman–Crippen LogP) is 2.91. The third kappa shape index (κ3) is 10.5. The third-order valence-electron chi connectivity index (χ3n) is 8.40. The zero-order valence-corrected chi connectivity index (χ0v) is 29.1. The molecule has 4 atom stereocenters. The lowest BCUT2D eigenvalue weighted by molar-refractivity contribution is -0.142. The highest BCUT2D eigenvalue weighted by Gasteiger charge is 2.32. The fourth-order valence-corrected chi connectivity index (χ4v) is 6.45. The number of aliphatic carboxylic acids is 1. The smallest absolute Gasteiger partial charge is 0.330 e. The molecule has 0 saturated heterocycles. The van der Waals surface area contributed by atoms with Crippen molar-refractivity contribution in [1.82, 2.24) is 21.3 Å². The number of anilines is 1. The summed E-state index contributed by atoms with van der Waals surface area (Å²) < 4.78 is 5.35.